The van der Waals surface area contributed by atoms with E-state index in [1.807, 2.05) is 42.5 Å². The third-order valence-electron chi connectivity index (χ3n) is 3.59. The molecule has 1 heterocycles. The highest BCUT2D eigenvalue weighted by Gasteiger charge is 2.08. The van der Waals surface area contributed by atoms with Crippen molar-refractivity contribution in [1.29, 1.82) is 0 Å². The average Bonchev–Trinajstić information content (AvgIpc) is 2.62. The second-order valence-corrected chi connectivity index (χ2v) is 5.20. The van der Waals surface area contributed by atoms with E-state index in [9.17, 15) is 0 Å². The van der Waals surface area contributed by atoms with Gasteiger partial charge in [-0.1, -0.05) is 29.8 Å². The molecule has 23 heavy (non-hydrogen) atoms. The Labute approximate surface area is 135 Å². The van der Waals surface area contributed by atoms with Crippen LogP contribution in [-0.4, -0.2) is 17.1 Å². The topological polar surface area (TPSA) is 73.1 Å². The Morgan fingerprint density at radius 1 is 0.870 bits per heavy atom. The lowest BCUT2D eigenvalue weighted by molar-refractivity contribution is 0.415. The molecule has 1 aromatic heterocycles. The fourth-order valence-electron chi connectivity index (χ4n) is 2.29. The number of ether oxygens (including phenoxy) is 1. The number of nitrogen functional groups attached to an aromatic ring is 1. The molecule has 0 aliphatic heterocycles. The van der Waals surface area contributed by atoms with E-state index in [0.29, 0.717) is 5.95 Å². The number of hydrazine groups is 1. The number of benzene rings is 2. The molecule has 3 rings (SSSR count). The molecule has 0 unspecified atom stereocenters. The number of nitrogens with two attached hydrogens (primary N) is 1. The predicted octanol–water partition coefficient (Wildman–Crippen LogP) is 3.41. The third kappa shape index (κ3) is 3.30. The fourth-order valence-corrected chi connectivity index (χ4v) is 2.29. The Hall–Kier alpha value is -2.92. The SMILES string of the molecule is COc1ccc(-c2cc(-c3ccc(C)cc3)nc(NN)n2)cc1. The van der Waals surface area contributed by atoms with Crippen LogP contribution in [0.25, 0.3) is 22.5 Å². The first-order valence-corrected chi connectivity index (χ1v) is 7.27. The van der Waals surface area contributed by atoms with E-state index in [1.165, 1.54) is 5.56 Å². The fraction of sp³-hybridized carbons (Fsp3) is 0.111. The first kappa shape index (κ1) is 15.0. The Morgan fingerprint density at radius 3 is 1.87 bits per heavy atom. The van der Waals surface area contributed by atoms with Crippen molar-refractivity contribution in [3.63, 3.8) is 0 Å². The van der Waals surface area contributed by atoms with Crippen LogP contribution in [0.3, 0.4) is 0 Å². The number of nitrogens with one attached hydrogen (secondary N) is 1. The quantitative estimate of drug-likeness (QED) is 0.571. The predicted molar refractivity (Wildman–Crippen MR) is 92.0 cm³/mol. The van der Waals surface area contributed by atoms with Crippen molar-refractivity contribution >= 4 is 5.95 Å². The number of rotatable bonds is 4. The second-order valence-electron chi connectivity index (χ2n) is 5.20. The molecular formula is C18H18N4O. The number of nitrogens with zero attached hydrogens (tertiary/aromatic N) is 2. The van der Waals surface area contributed by atoms with Gasteiger partial charge in [0, 0.05) is 11.1 Å². The summed E-state index contributed by atoms with van der Waals surface area (Å²) in [5.41, 5.74) is 7.34. The zero-order valence-electron chi connectivity index (χ0n) is 13.1. The van der Waals surface area contributed by atoms with Gasteiger partial charge in [-0.3, -0.25) is 5.43 Å². The van der Waals surface area contributed by atoms with Crippen molar-refractivity contribution in [1.82, 2.24) is 9.97 Å². The summed E-state index contributed by atoms with van der Waals surface area (Å²) in [6.45, 7) is 2.05. The van der Waals surface area contributed by atoms with E-state index < -0.39 is 0 Å². The highest BCUT2D eigenvalue weighted by Crippen LogP contribution is 2.26. The van der Waals surface area contributed by atoms with E-state index in [-0.39, 0.29) is 0 Å². The Morgan fingerprint density at radius 2 is 1.39 bits per heavy atom. The zero-order chi connectivity index (χ0) is 16.2. The summed E-state index contributed by atoms with van der Waals surface area (Å²) in [6, 6.07) is 17.9. The van der Waals surface area contributed by atoms with Crippen molar-refractivity contribution in [2.45, 2.75) is 6.92 Å². The van der Waals surface area contributed by atoms with Gasteiger partial charge >= 0.3 is 0 Å². The summed E-state index contributed by atoms with van der Waals surface area (Å²) in [5, 5.41) is 0. The van der Waals surface area contributed by atoms with Gasteiger partial charge in [0.2, 0.25) is 5.95 Å². The lowest BCUT2D eigenvalue weighted by Crippen LogP contribution is -2.11. The number of aromatic nitrogens is 2. The van der Waals surface area contributed by atoms with Gasteiger partial charge in [-0.2, -0.15) is 0 Å². The van der Waals surface area contributed by atoms with Crippen LogP contribution in [-0.2, 0) is 0 Å². The maximum atomic E-state index is 5.52. The van der Waals surface area contributed by atoms with Crippen LogP contribution in [0, 0.1) is 6.92 Å². The van der Waals surface area contributed by atoms with Gasteiger partial charge in [0.15, 0.2) is 0 Å². The first-order valence-electron chi connectivity index (χ1n) is 7.27. The van der Waals surface area contributed by atoms with Gasteiger partial charge < -0.3 is 4.74 Å². The molecule has 0 amide bonds. The van der Waals surface area contributed by atoms with Crippen LogP contribution in [0.1, 0.15) is 5.56 Å². The van der Waals surface area contributed by atoms with Crippen LogP contribution in [0.4, 0.5) is 5.95 Å². The van der Waals surface area contributed by atoms with Crippen LogP contribution < -0.4 is 16.0 Å². The molecule has 5 nitrogen and oxygen atoms in total. The summed E-state index contributed by atoms with van der Waals surface area (Å²) in [6.07, 6.45) is 0. The Kier molecular flexibility index (Phi) is 4.21. The van der Waals surface area contributed by atoms with Gasteiger partial charge in [0.05, 0.1) is 18.5 Å². The molecule has 5 heteroatoms. The van der Waals surface area contributed by atoms with E-state index in [4.69, 9.17) is 10.6 Å². The second kappa shape index (κ2) is 6.46. The highest BCUT2D eigenvalue weighted by atomic mass is 16.5. The lowest BCUT2D eigenvalue weighted by atomic mass is 10.1. The summed E-state index contributed by atoms with van der Waals surface area (Å²) >= 11 is 0. The summed E-state index contributed by atoms with van der Waals surface area (Å²) < 4.78 is 5.19. The summed E-state index contributed by atoms with van der Waals surface area (Å²) in [4.78, 5) is 8.87. The molecule has 0 aliphatic carbocycles. The maximum absolute atomic E-state index is 5.52. The normalized spacial score (nSPS) is 10.4. The molecule has 0 radical (unpaired) electrons. The number of aryl methyl sites for hydroxylation is 1. The molecule has 0 spiro atoms. The minimum absolute atomic E-state index is 0.383. The largest absolute Gasteiger partial charge is 0.497 e. The third-order valence-corrected chi connectivity index (χ3v) is 3.59. The van der Waals surface area contributed by atoms with Gasteiger partial charge in [-0.15, -0.1) is 0 Å². The molecule has 0 aliphatic rings. The van der Waals surface area contributed by atoms with Crippen molar-refractivity contribution in [3.8, 4) is 28.3 Å². The van der Waals surface area contributed by atoms with Gasteiger partial charge in [0.1, 0.15) is 5.75 Å². The van der Waals surface area contributed by atoms with Crippen LogP contribution in [0.2, 0.25) is 0 Å². The maximum Gasteiger partial charge on any atom is 0.238 e. The van der Waals surface area contributed by atoms with Crippen molar-refractivity contribution in [3.05, 3.63) is 60.2 Å². The van der Waals surface area contributed by atoms with Gasteiger partial charge in [-0.05, 0) is 37.3 Å². The van der Waals surface area contributed by atoms with E-state index in [0.717, 1.165) is 28.3 Å². The van der Waals surface area contributed by atoms with Crippen LogP contribution in [0.15, 0.2) is 54.6 Å². The highest BCUT2D eigenvalue weighted by molar-refractivity contribution is 5.69. The molecule has 3 aromatic rings. The monoisotopic (exact) mass is 306 g/mol. The molecule has 2 aromatic carbocycles. The molecule has 0 bridgehead atoms. The summed E-state index contributed by atoms with van der Waals surface area (Å²) in [7, 11) is 1.64. The molecule has 0 saturated heterocycles. The van der Waals surface area contributed by atoms with Crippen LogP contribution in [0.5, 0.6) is 5.75 Å². The molecule has 0 fully saturated rings. The smallest absolute Gasteiger partial charge is 0.238 e. The van der Waals surface area contributed by atoms with E-state index in [1.54, 1.807) is 7.11 Å². The number of hydrogen-bond donors (Lipinski definition) is 2. The molecule has 3 N–H and O–H groups in total. The lowest BCUT2D eigenvalue weighted by Gasteiger charge is -2.09. The van der Waals surface area contributed by atoms with Crippen molar-refractivity contribution < 1.29 is 4.74 Å². The first-order chi connectivity index (χ1) is 11.2. The van der Waals surface area contributed by atoms with Crippen molar-refractivity contribution in [2.75, 3.05) is 12.5 Å². The number of methoxy groups -OCH3 is 1. The molecule has 116 valence electrons. The Balaban J connectivity index is 2.06. The van der Waals surface area contributed by atoms with Crippen LogP contribution >= 0.6 is 0 Å². The van der Waals surface area contributed by atoms with E-state index >= 15 is 0 Å². The Bertz CT molecular complexity index is 798. The minimum atomic E-state index is 0.383. The minimum Gasteiger partial charge on any atom is -0.497 e. The molecule has 0 saturated carbocycles. The van der Waals surface area contributed by atoms with Gasteiger partial charge in [-0.25, -0.2) is 15.8 Å². The number of anilines is 1. The average molecular weight is 306 g/mol. The van der Waals surface area contributed by atoms with E-state index in [2.05, 4.69) is 34.5 Å². The summed E-state index contributed by atoms with van der Waals surface area (Å²) in [5.74, 6) is 6.71. The number of hydrogen-bond acceptors (Lipinski definition) is 5. The van der Waals surface area contributed by atoms with Gasteiger partial charge in [0.25, 0.3) is 0 Å². The molecular weight excluding hydrogens is 288 g/mol. The standard InChI is InChI=1S/C18H18N4O/c1-12-3-5-13(6-4-12)16-11-17(21-18(20-16)22-19)14-7-9-15(23-2)10-8-14/h3-11H,19H2,1-2H3,(H,20,21,22). The van der Waals surface area contributed by atoms with Crippen molar-refractivity contribution in [2.24, 2.45) is 5.84 Å². The molecule has 0 atom stereocenters. The zero-order valence-corrected chi connectivity index (χ0v) is 13.1.